The molecular weight excluding hydrogens is 454 g/mol. The van der Waals surface area contributed by atoms with Gasteiger partial charge in [-0.3, -0.25) is 9.69 Å². The molecule has 7 heteroatoms. The molecule has 1 N–H and O–H groups in total. The highest BCUT2D eigenvalue weighted by atomic mass is 16.5. The Labute approximate surface area is 212 Å². The largest absolute Gasteiger partial charge is 0.469 e. The first-order valence-corrected chi connectivity index (χ1v) is 12.9. The van der Waals surface area contributed by atoms with Gasteiger partial charge >= 0.3 is 12.1 Å². The fraction of sp³-hybridized carbons (Fsp3) is 0.483. The third kappa shape index (κ3) is 4.14. The number of esters is 1. The van der Waals surface area contributed by atoms with Crippen molar-refractivity contribution in [3.8, 4) is 0 Å². The monoisotopic (exact) mass is 489 g/mol. The van der Waals surface area contributed by atoms with Gasteiger partial charge in [0.1, 0.15) is 5.82 Å². The quantitative estimate of drug-likeness (QED) is 0.455. The van der Waals surface area contributed by atoms with Gasteiger partial charge in [0.15, 0.2) is 0 Å². The first-order valence-electron chi connectivity index (χ1n) is 12.9. The van der Waals surface area contributed by atoms with E-state index in [-0.39, 0.29) is 29.4 Å². The molecule has 2 heterocycles. The smallest absolute Gasteiger partial charge is 0.412 e. The van der Waals surface area contributed by atoms with E-state index in [4.69, 9.17) is 9.72 Å². The van der Waals surface area contributed by atoms with Gasteiger partial charge in [-0.25, -0.2) is 9.78 Å². The zero-order valence-electron chi connectivity index (χ0n) is 21.5. The molecule has 1 amide bonds. The summed E-state index contributed by atoms with van der Waals surface area (Å²) in [6.45, 7) is 6.28. The van der Waals surface area contributed by atoms with E-state index in [1.165, 1.54) is 17.6 Å². The number of hydrogen-bond acceptors (Lipinski definition) is 4. The molecule has 2 unspecified atom stereocenters. The fourth-order valence-electron chi connectivity index (χ4n) is 6.45. The number of fused-ring (bicyclic) bond motifs is 3. The first-order chi connectivity index (χ1) is 17.2. The lowest BCUT2D eigenvalue weighted by Crippen LogP contribution is -2.41. The van der Waals surface area contributed by atoms with Gasteiger partial charge in [0, 0.05) is 24.1 Å². The Bertz CT molecular complexity index is 1300. The fourth-order valence-corrected chi connectivity index (χ4v) is 6.45. The van der Waals surface area contributed by atoms with Gasteiger partial charge in [-0.15, -0.1) is 0 Å². The number of carbonyl (C=O) groups excluding carboxylic acids is 1. The summed E-state index contributed by atoms with van der Waals surface area (Å²) in [5.41, 5.74) is 4.70. The van der Waals surface area contributed by atoms with Crippen LogP contribution in [0, 0.1) is 11.3 Å². The van der Waals surface area contributed by atoms with E-state index in [1.807, 2.05) is 37.3 Å². The highest BCUT2D eigenvalue weighted by Gasteiger charge is 2.43. The van der Waals surface area contributed by atoms with Crippen molar-refractivity contribution in [3.63, 3.8) is 0 Å². The van der Waals surface area contributed by atoms with Crippen LogP contribution in [0.1, 0.15) is 69.4 Å². The van der Waals surface area contributed by atoms with Crippen molar-refractivity contribution in [1.82, 2.24) is 9.55 Å². The van der Waals surface area contributed by atoms with E-state index in [2.05, 4.69) is 30.5 Å². The highest BCUT2D eigenvalue weighted by Crippen LogP contribution is 2.47. The van der Waals surface area contributed by atoms with Crippen molar-refractivity contribution in [1.29, 1.82) is 0 Å². The molecule has 0 bridgehead atoms. The molecular formula is C29H35N3O4. The number of rotatable bonds is 4. The van der Waals surface area contributed by atoms with Gasteiger partial charge in [-0.05, 0) is 62.1 Å². The molecule has 190 valence electrons. The van der Waals surface area contributed by atoms with Gasteiger partial charge in [-0.2, -0.15) is 0 Å². The maximum Gasteiger partial charge on any atom is 0.412 e. The Morgan fingerprint density at radius 3 is 2.53 bits per heavy atom. The van der Waals surface area contributed by atoms with Gasteiger partial charge in [0.05, 0.1) is 29.7 Å². The lowest BCUT2D eigenvalue weighted by atomic mass is 9.67. The number of aromatic nitrogens is 2. The second-order valence-electron chi connectivity index (χ2n) is 11.0. The van der Waals surface area contributed by atoms with E-state index < -0.39 is 6.09 Å². The number of amides is 1. The predicted octanol–water partition coefficient (Wildman–Crippen LogP) is 5.99. The van der Waals surface area contributed by atoms with Crippen LogP contribution in [-0.2, 0) is 22.4 Å². The second kappa shape index (κ2) is 9.26. The minimum absolute atomic E-state index is 0.0623. The Morgan fingerprint density at radius 2 is 1.86 bits per heavy atom. The molecule has 2 aromatic carbocycles. The summed E-state index contributed by atoms with van der Waals surface area (Å²) in [7, 11) is 1.47. The second-order valence-corrected chi connectivity index (χ2v) is 11.0. The molecule has 5 rings (SSSR count). The molecule has 7 nitrogen and oxygen atoms in total. The van der Waals surface area contributed by atoms with Crippen LogP contribution < -0.4 is 4.90 Å². The first kappa shape index (κ1) is 24.3. The van der Waals surface area contributed by atoms with E-state index in [9.17, 15) is 14.7 Å². The van der Waals surface area contributed by atoms with E-state index in [0.29, 0.717) is 6.42 Å². The van der Waals surface area contributed by atoms with Crippen LogP contribution in [-0.4, -0.2) is 39.9 Å². The molecule has 3 atom stereocenters. The summed E-state index contributed by atoms with van der Waals surface area (Å²) in [6.07, 6.45) is 3.83. The van der Waals surface area contributed by atoms with Gasteiger partial charge in [0.2, 0.25) is 0 Å². The average Bonchev–Trinajstić information content (AvgIpc) is 3.21. The summed E-state index contributed by atoms with van der Waals surface area (Å²) in [5.74, 6) is 0.738. The standard InChI is InChI=1S/C29H35N3O4/c1-18-10-12-21-23(31(18)28(34)35)14-15-24-26(21)30-25(16-19-8-6-5-7-9-19)32(24)20-11-13-22(27(33)36-4)29(2,3)17-20/h5-9,14-15,18,20,22H,10-13,16-17H2,1-4H3,(H,34,35)/t18-,20?,22?/m0/s1. The molecule has 1 aromatic heterocycles. The van der Waals surface area contributed by atoms with Crippen LogP contribution >= 0.6 is 0 Å². The molecule has 0 radical (unpaired) electrons. The zero-order valence-corrected chi connectivity index (χ0v) is 21.5. The summed E-state index contributed by atoms with van der Waals surface area (Å²) in [5, 5.41) is 9.90. The minimum atomic E-state index is -0.922. The Balaban J connectivity index is 1.63. The van der Waals surface area contributed by atoms with E-state index in [1.54, 1.807) is 0 Å². The van der Waals surface area contributed by atoms with Crippen molar-refractivity contribution in [2.24, 2.45) is 11.3 Å². The Hall–Kier alpha value is -3.35. The van der Waals surface area contributed by atoms with Crippen LogP contribution in [0.2, 0.25) is 0 Å². The molecule has 2 aliphatic rings. The summed E-state index contributed by atoms with van der Waals surface area (Å²) < 4.78 is 7.49. The molecule has 36 heavy (non-hydrogen) atoms. The number of imidazole rings is 1. The zero-order chi connectivity index (χ0) is 25.6. The molecule has 3 aromatic rings. The van der Waals surface area contributed by atoms with Crippen molar-refractivity contribution in [2.75, 3.05) is 12.0 Å². The van der Waals surface area contributed by atoms with Crippen LogP contribution in [0.15, 0.2) is 42.5 Å². The van der Waals surface area contributed by atoms with Crippen molar-refractivity contribution >= 4 is 28.8 Å². The summed E-state index contributed by atoms with van der Waals surface area (Å²) >= 11 is 0. The number of carbonyl (C=O) groups is 2. The van der Waals surface area contributed by atoms with Gasteiger partial charge in [-0.1, -0.05) is 44.2 Å². The van der Waals surface area contributed by atoms with Crippen LogP contribution in [0.3, 0.4) is 0 Å². The number of aryl methyl sites for hydroxylation is 1. The molecule has 0 spiro atoms. The predicted molar refractivity (Wildman–Crippen MR) is 139 cm³/mol. The summed E-state index contributed by atoms with van der Waals surface area (Å²) in [6, 6.07) is 14.5. The SMILES string of the molecule is COC(=O)C1CCC(n2c(Cc3ccccc3)nc3c4c(ccc32)N(C(=O)O)[C@@H](C)CC4)CC1(C)C. The van der Waals surface area contributed by atoms with Gasteiger partial charge in [0.25, 0.3) is 0 Å². The van der Waals surface area contributed by atoms with Gasteiger partial charge < -0.3 is 14.4 Å². The number of ether oxygens (including phenoxy) is 1. The van der Waals surface area contributed by atoms with Crippen molar-refractivity contribution in [2.45, 2.75) is 71.4 Å². The normalized spacial score (nSPS) is 23.3. The Kier molecular flexibility index (Phi) is 6.27. The van der Waals surface area contributed by atoms with Crippen LogP contribution in [0.4, 0.5) is 10.5 Å². The third-order valence-corrected chi connectivity index (χ3v) is 8.28. The maximum absolute atomic E-state index is 12.5. The molecule has 1 aliphatic carbocycles. The molecule has 0 saturated heterocycles. The van der Waals surface area contributed by atoms with Crippen LogP contribution in [0.5, 0.6) is 0 Å². The Morgan fingerprint density at radius 1 is 1.11 bits per heavy atom. The number of anilines is 1. The summed E-state index contributed by atoms with van der Waals surface area (Å²) in [4.78, 5) is 31.2. The molecule has 1 fully saturated rings. The van der Waals surface area contributed by atoms with Crippen LogP contribution in [0.25, 0.3) is 11.0 Å². The average molecular weight is 490 g/mol. The topological polar surface area (TPSA) is 84.7 Å². The number of carboxylic acid groups (broad SMARTS) is 1. The number of nitrogens with zero attached hydrogens (tertiary/aromatic N) is 3. The number of benzene rings is 2. The lowest BCUT2D eigenvalue weighted by molar-refractivity contribution is -0.152. The number of hydrogen-bond donors (Lipinski definition) is 1. The highest BCUT2D eigenvalue weighted by molar-refractivity contribution is 5.94. The van der Waals surface area contributed by atoms with Crippen molar-refractivity contribution in [3.05, 3.63) is 59.4 Å². The third-order valence-electron chi connectivity index (χ3n) is 8.28. The lowest BCUT2D eigenvalue weighted by Gasteiger charge is -2.41. The van der Waals surface area contributed by atoms with E-state index >= 15 is 0 Å². The minimum Gasteiger partial charge on any atom is -0.469 e. The van der Waals surface area contributed by atoms with E-state index in [0.717, 1.165) is 60.2 Å². The van der Waals surface area contributed by atoms with Crippen molar-refractivity contribution < 1.29 is 19.4 Å². The molecule has 1 saturated carbocycles. The maximum atomic E-state index is 12.5. The molecule has 1 aliphatic heterocycles. The number of methoxy groups -OCH3 is 1.